The van der Waals surface area contributed by atoms with Crippen molar-refractivity contribution in [2.24, 2.45) is 0 Å². The van der Waals surface area contributed by atoms with Crippen molar-refractivity contribution in [2.75, 3.05) is 0 Å². The average Bonchev–Trinajstić information content (AvgIpc) is 3.47. The molecular formula is C29H23BrN4O4. The lowest BCUT2D eigenvalue weighted by Crippen LogP contribution is -2.55. The fraction of sp³-hybridized carbons (Fsp3) is 0.172. The van der Waals surface area contributed by atoms with Gasteiger partial charge in [0, 0.05) is 39.3 Å². The second kappa shape index (κ2) is 9.66. The van der Waals surface area contributed by atoms with Crippen molar-refractivity contribution in [1.29, 1.82) is 0 Å². The van der Waals surface area contributed by atoms with Gasteiger partial charge in [0.25, 0.3) is 11.8 Å². The minimum Gasteiger partial charge on any atom is -0.369 e. The molecule has 0 radical (unpaired) electrons. The van der Waals surface area contributed by atoms with Crippen LogP contribution in [0, 0.1) is 0 Å². The highest BCUT2D eigenvalue weighted by molar-refractivity contribution is 9.10. The van der Waals surface area contributed by atoms with Crippen molar-refractivity contribution >= 4 is 33.7 Å². The number of halogens is 1. The van der Waals surface area contributed by atoms with Gasteiger partial charge in [0.05, 0.1) is 17.9 Å². The molecule has 0 bridgehead atoms. The van der Waals surface area contributed by atoms with E-state index >= 15 is 0 Å². The van der Waals surface area contributed by atoms with Gasteiger partial charge in [0.2, 0.25) is 5.91 Å². The van der Waals surface area contributed by atoms with E-state index in [9.17, 15) is 19.5 Å². The van der Waals surface area contributed by atoms with Gasteiger partial charge < -0.3 is 5.11 Å². The molecule has 38 heavy (non-hydrogen) atoms. The molecule has 6 rings (SSSR count). The Balaban J connectivity index is 1.34. The van der Waals surface area contributed by atoms with Crippen molar-refractivity contribution in [3.63, 3.8) is 0 Å². The number of aliphatic hydroxyl groups is 1. The highest BCUT2D eigenvalue weighted by atomic mass is 79.9. The molecule has 0 saturated carbocycles. The molecule has 1 fully saturated rings. The lowest BCUT2D eigenvalue weighted by molar-refractivity contribution is -0.155. The van der Waals surface area contributed by atoms with E-state index in [0.29, 0.717) is 22.4 Å². The van der Waals surface area contributed by atoms with E-state index in [2.05, 4.69) is 15.9 Å². The van der Waals surface area contributed by atoms with Crippen LogP contribution >= 0.6 is 15.9 Å². The van der Waals surface area contributed by atoms with Gasteiger partial charge in [-0.2, -0.15) is 5.10 Å². The Bertz CT molecular complexity index is 1550. The zero-order valence-corrected chi connectivity index (χ0v) is 21.8. The van der Waals surface area contributed by atoms with E-state index in [1.807, 2.05) is 60.8 Å². The molecule has 2 aliphatic heterocycles. The van der Waals surface area contributed by atoms with E-state index in [-0.39, 0.29) is 25.3 Å². The number of amides is 3. The van der Waals surface area contributed by atoms with Gasteiger partial charge in [-0.25, -0.2) is 4.68 Å². The number of benzene rings is 3. The van der Waals surface area contributed by atoms with Gasteiger partial charge in [0.1, 0.15) is 6.04 Å². The number of aromatic nitrogens is 2. The van der Waals surface area contributed by atoms with E-state index in [1.54, 1.807) is 28.9 Å². The molecule has 2 unspecified atom stereocenters. The summed E-state index contributed by atoms with van der Waals surface area (Å²) < 4.78 is 2.65. The van der Waals surface area contributed by atoms with Crippen molar-refractivity contribution in [1.82, 2.24) is 19.6 Å². The second-order valence-electron chi connectivity index (χ2n) is 9.34. The largest absolute Gasteiger partial charge is 0.369 e. The van der Waals surface area contributed by atoms with E-state index in [0.717, 1.165) is 15.7 Å². The molecule has 1 saturated heterocycles. The molecule has 190 valence electrons. The quantitative estimate of drug-likeness (QED) is 0.357. The maximum Gasteiger partial charge on any atom is 0.257 e. The molecule has 0 spiro atoms. The molecule has 3 amide bonds. The van der Waals surface area contributed by atoms with Crippen molar-refractivity contribution in [2.45, 2.75) is 31.7 Å². The number of imide groups is 1. The van der Waals surface area contributed by atoms with E-state index in [4.69, 9.17) is 5.10 Å². The summed E-state index contributed by atoms with van der Waals surface area (Å²) in [6.45, 7) is -0.00251. The normalized spacial score (nSPS) is 19.3. The minimum absolute atomic E-state index is 0.00251. The van der Waals surface area contributed by atoms with Crippen molar-refractivity contribution in [3.8, 4) is 16.9 Å². The summed E-state index contributed by atoms with van der Waals surface area (Å²) in [5.41, 5.74) is 3.86. The van der Waals surface area contributed by atoms with E-state index in [1.165, 1.54) is 9.80 Å². The highest BCUT2D eigenvalue weighted by Gasteiger charge is 2.46. The van der Waals surface area contributed by atoms with Crippen LogP contribution in [0.15, 0.2) is 89.5 Å². The Kier molecular flexibility index (Phi) is 6.17. The van der Waals surface area contributed by atoms with Crippen LogP contribution in [-0.4, -0.2) is 48.5 Å². The summed E-state index contributed by atoms with van der Waals surface area (Å²) in [5, 5.41) is 15.7. The summed E-state index contributed by atoms with van der Waals surface area (Å²) in [6, 6.07) is 23.1. The number of rotatable bonds is 5. The van der Waals surface area contributed by atoms with Gasteiger partial charge in [-0.3, -0.25) is 24.2 Å². The number of piperidine rings is 1. The Morgan fingerprint density at radius 3 is 2.37 bits per heavy atom. The third-order valence-corrected chi connectivity index (χ3v) is 7.57. The zero-order chi connectivity index (χ0) is 26.4. The van der Waals surface area contributed by atoms with Crippen LogP contribution in [0.4, 0.5) is 0 Å². The molecule has 1 aromatic heterocycles. The van der Waals surface area contributed by atoms with Crippen LogP contribution in [0.25, 0.3) is 16.9 Å². The Labute approximate surface area is 227 Å². The molecule has 1 N–H and O–H groups in total. The lowest BCUT2D eigenvalue weighted by atomic mass is 10.0. The molecule has 9 heteroatoms. The molecule has 3 aromatic carbocycles. The Morgan fingerprint density at radius 2 is 1.63 bits per heavy atom. The number of hydrogen-bond donors (Lipinski definition) is 1. The SMILES string of the molecule is O=C1CCC(N2C(=O)c3ccccc3C2O)C(=O)N1Cc1cn(-c2ccccc2)nc1-c1ccc(Br)cc1. The van der Waals surface area contributed by atoms with Gasteiger partial charge in [-0.05, 0) is 36.8 Å². The molecule has 2 aliphatic rings. The van der Waals surface area contributed by atoms with Gasteiger partial charge >= 0.3 is 0 Å². The average molecular weight is 571 g/mol. The third-order valence-electron chi connectivity index (χ3n) is 7.04. The molecule has 3 heterocycles. The second-order valence-corrected chi connectivity index (χ2v) is 10.3. The predicted octanol–water partition coefficient (Wildman–Crippen LogP) is 4.47. The van der Waals surface area contributed by atoms with Gasteiger partial charge in [-0.1, -0.05) is 64.5 Å². The molecule has 4 aromatic rings. The van der Waals surface area contributed by atoms with Crippen LogP contribution in [0.2, 0.25) is 0 Å². The zero-order valence-electron chi connectivity index (χ0n) is 20.2. The maximum absolute atomic E-state index is 13.7. The number of hydrogen-bond acceptors (Lipinski definition) is 5. The van der Waals surface area contributed by atoms with Gasteiger partial charge in [0.15, 0.2) is 6.23 Å². The summed E-state index contributed by atoms with van der Waals surface area (Å²) in [7, 11) is 0. The first-order valence-electron chi connectivity index (χ1n) is 12.3. The predicted molar refractivity (Wildman–Crippen MR) is 143 cm³/mol. The Hall–Kier alpha value is -4.08. The van der Waals surface area contributed by atoms with Crippen molar-refractivity contribution in [3.05, 3.63) is 106 Å². The first-order valence-corrected chi connectivity index (χ1v) is 13.1. The van der Waals surface area contributed by atoms with Crippen LogP contribution in [0.1, 0.15) is 40.6 Å². The molecular weight excluding hydrogens is 548 g/mol. The Morgan fingerprint density at radius 1 is 0.921 bits per heavy atom. The minimum atomic E-state index is -1.23. The maximum atomic E-state index is 13.7. The third kappa shape index (κ3) is 4.13. The van der Waals surface area contributed by atoms with Crippen LogP contribution in [0.5, 0.6) is 0 Å². The number of carbonyl (C=O) groups is 3. The fourth-order valence-corrected chi connectivity index (χ4v) is 5.40. The number of aliphatic hydroxyl groups excluding tert-OH is 1. The number of likely N-dealkylation sites (tertiary alicyclic amines) is 1. The number of para-hydroxylation sites is 1. The molecule has 8 nitrogen and oxygen atoms in total. The summed E-state index contributed by atoms with van der Waals surface area (Å²) in [4.78, 5) is 42.2. The smallest absolute Gasteiger partial charge is 0.257 e. The fourth-order valence-electron chi connectivity index (χ4n) is 5.13. The highest BCUT2D eigenvalue weighted by Crippen LogP contribution is 2.36. The first-order chi connectivity index (χ1) is 18.4. The summed E-state index contributed by atoms with van der Waals surface area (Å²) in [5.74, 6) is -1.23. The van der Waals surface area contributed by atoms with Crippen LogP contribution < -0.4 is 0 Å². The molecule has 2 atom stereocenters. The van der Waals surface area contributed by atoms with Gasteiger partial charge in [-0.15, -0.1) is 0 Å². The number of nitrogens with zero attached hydrogens (tertiary/aromatic N) is 4. The lowest BCUT2D eigenvalue weighted by Gasteiger charge is -2.36. The topological polar surface area (TPSA) is 95.7 Å². The number of fused-ring (bicyclic) bond motifs is 1. The van der Waals surface area contributed by atoms with Crippen molar-refractivity contribution < 1.29 is 19.5 Å². The summed E-state index contributed by atoms with van der Waals surface area (Å²) in [6.07, 6.45) is 0.835. The van der Waals surface area contributed by atoms with Crippen LogP contribution in [-0.2, 0) is 16.1 Å². The first kappa shape index (κ1) is 24.3. The summed E-state index contributed by atoms with van der Waals surface area (Å²) >= 11 is 3.46. The monoisotopic (exact) mass is 570 g/mol. The van der Waals surface area contributed by atoms with Crippen LogP contribution in [0.3, 0.4) is 0 Å². The molecule has 0 aliphatic carbocycles. The van der Waals surface area contributed by atoms with E-state index < -0.39 is 24.1 Å². The standard InChI is InChI=1S/C29H23BrN4O4/c30-20-12-10-18(11-13-20)26-19(17-33(31-26)21-6-2-1-3-7-21)16-32-25(35)15-14-24(29(32)38)34-27(36)22-8-4-5-9-23(22)28(34)37/h1-13,17,24,27,36H,14-16H2. The number of carbonyl (C=O) groups excluding carboxylic acids is 3.